The first-order valence-corrected chi connectivity index (χ1v) is 8.98. The summed E-state index contributed by atoms with van der Waals surface area (Å²) in [5, 5.41) is 9.59. The molecule has 27 heavy (non-hydrogen) atoms. The number of nitrogens with zero attached hydrogens (tertiary/aromatic N) is 4. The molecule has 0 fully saturated rings. The van der Waals surface area contributed by atoms with Crippen LogP contribution in [0.5, 0.6) is 5.88 Å². The molecular weight excluding hydrogens is 362 g/mol. The Hall–Kier alpha value is -3.52. The lowest BCUT2D eigenvalue weighted by atomic mass is 10.3. The van der Waals surface area contributed by atoms with E-state index in [-0.39, 0.29) is 5.91 Å². The van der Waals surface area contributed by atoms with Crippen molar-refractivity contribution in [1.29, 1.82) is 0 Å². The summed E-state index contributed by atoms with van der Waals surface area (Å²) in [6, 6.07) is 13.2. The Balaban J connectivity index is 1.49. The SMILES string of the molecule is COc1ccc(NC(=O)c2csc(-c3cnn(-c4ccccc4)c3)n2)cn1. The van der Waals surface area contributed by atoms with Crippen molar-refractivity contribution < 1.29 is 9.53 Å². The van der Waals surface area contributed by atoms with E-state index in [0.717, 1.165) is 16.3 Å². The van der Waals surface area contributed by atoms with Crippen LogP contribution in [0.25, 0.3) is 16.3 Å². The maximum Gasteiger partial charge on any atom is 0.275 e. The molecule has 0 saturated carbocycles. The van der Waals surface area contributed by atoms with E-state index in [2.05, 4.69) is 20.4 Å². The molecule has 3 aromatic heterocycles. The fourth-order valence-corrected chi connectivity index (χ4v) is 3.21. The molecule has 0 bridgehead atoms. The molecule has 0 radical (unpaired) electrons. The predicted molar refractivity (Wildman–Crippen MR) is 103 cm³/mol. The van der Waals surface area contributed by atoms with E-state index in [4.69, 9.17) is 4.74 Å². The molecule has 0 spiro atoms. The second kappa shape index (κ2) is 7.38. The number of amides is 1. The highest BCUT2D eigenvalue weighted by Gasteiger charge is 2.14. The highest BCUT2D eigenvalue weighted by molar-refractivity contribution is 7.13. The van der Waals surface area contributed by atoms with Crippen LogP contribution in [0.15, 0.2) is 66.4 Å². The highest BCUT2D eigenvalue weighted by Crippen LogP contribution is 2.24. The number of aromatic nitrogens is 4. The van der Waals surface area contributed by atoms with E-state index in [9.17, 15) is 4.79 Å². The highest BCUT2D eigenvalue weighted by atomic mass is 32.1. The number of rotatable bonds is 5. The van der Waals surface area contributed by atoms with E-state index in [1.54, 1.807) is 28.4 Å². The number of methoxy groups -OCH3 is 1. The van der Waals surface area contributed by atoms with Crippen LogP contribution in [-0.4, -0.2) is 32.8 Å². The van der Waals surface area contributed by atoms with Crippen LogP contribution < -0.4 is 10.1 Å². The summed E-state index contributed by atoms with van der Waals surface area (Å²) in [5.41, 5.74) is 2.74. The van der Waals surface area contributed by atoms with Crippen LogP contribution >= 0.6 is 11.3 Å². The molecular formula is C19H15N5O2S. The van der Waals surface area contributed by atoms with E-state index in [1.807, 2.05) is 36.5 Å². The van der Waals surface area contributed by atoms with Gasteiger partial charge in [-0.25, -0.2) is 14.6 Å². The van der Waals surface area contributed by atoms with E-state index < -0.39 is 0 Å². The summed E-state index contributed by atoms with van der Waals surface area (Å²) in [6.07, 6.45) is 5.16. The molecule has 0 saturated heterocycles. The quantitative estimate of drug-likeness (QED) is 0.574. The summed E-state index contributed by atoms with van der Waals surface area (Å²) in [5.74, 6) is 0.194. The van der Waals surface area contributed by atoms with Gasteiger partial charge in [0.2, 0.25) is 5.88 Å². The lowest BCUT2D eigenvalue weighted by Crippen LogP contribution is -2.12. The predicted octanol–water partition coefficient (Wildman–Crippen LogP) is 3.65. The molecule has 3 heterocycles. The summed E-state index contributed by atoms with van der Waals surface area (Å²) < 4.78 is 6.78. The van der Waals surface area contributed by atoms with Crippen molar-refractivity contribution in [1.82, 2.24) is 19.7 Å². The average molecular weight is 377 g/mol. The Bertz CT molecular complexity index is 1060. The summed E-state index contributed by atoms with van der Waals surface area (Å²) in [4.78, 5) is 20.9. The molecule has 0 aliphatic carbocycles. The molecule has 1 amide bonds. The van der Waals surface area contributed by atoms with Crippen molar-refractivity contribution in [3.05, 3.63) is 72.1 Å². The van der Waals surface area contributed by atoms with Crippen LogP contribution in [0.4, 0.5) is 5.69 Å². The number of hydrogen-bond acceptors (Lipinski definition) is 6. The number of thiazole rings is 1. The van der Waals surface area contributed by atoms with Crippen molar-refractivity contribution in [3.63, 3.8) is 0 Å². The third-order valence-corrected chi connectivity index (χ3v) is 4.68. The normalized spacial score (nSPS) is 10.6. The van der Waals surface area contributed by atoms with Gasteiger partial charge in [0.15, 0.2) is 0 Å². The summed E-state index contributed by atoms with van der Waals surface area (Å²) in [7, 11) is 1.54. The maximum absolute atomic E-state index is 12.4. The zero-order valence-corrected chi connectivity index (χ0v) is 15.2. The maximum atomic E-state index is 12.4. The number of pyridine rings is 1. The Morgan fingerprint density at radius 3 is 2.74 bits per heavy atom. The smallest absolute Gasteiger partial charge is 0.275 e. The van der Waals surface area contributed by atoms with Gasteiger partial charge in [0.25, 0.3) is 5.91 Å². The molecule has 4 rings (SSSR count). The first-order chi connectivity index (χ1) is 13.2. The Morgan fingerprint density at radius 1 is 1.15 bits per heavy atom. The van der Waals surface area contributed by atoms with Crippen molar-refractivity contribution in [3.8, 4) is 22.1 Å². The van der Waals surface area contributed by atoms with Gasteiger partial charge in [-0.05, 0) is 18.2 Å². The number of carbonyl (C=O) groups is 1. The second-order valence-electron chi connectivity index (χ2n) is 5.59. The van der Waals surface area contributed by atoms with Crippen LogP contribution in [0.1, 0.15) is 10.5 Å². The number of carbonyl (C=O) groups excluding carboxylic acids is 1. The van der Waals surface area contributed by atoms with Gasteiger partial charge in [-0.15, -0.1) is 11.3 Å². The minimum absolute atomic E-state index is 0.292. The molecule has 7 nitrogen and oxygen atoms in total. The van der Waals surface area contributed by atoms with Gasteiger partial charge in [-0.3, -0.25) is 4.79 Å². The van der Waals surface area contributed by atoms with Gasteiger partial charge in [-0.1, -0.05) is 18.2 Å². The fraction of sp³-hybridized carbons (Fsp3) is 0.0526. The second-order valence-corrected chi connectivity index (χ2v) is 6.45. The van der Waals surface area contributed by atoms with Gasteiger partial charge in [-0.2, -0.15) is 5.10 Å². The lowest BCUT2D eigenvalue weighted by molar-refractivity contribution is 0.102. The first-order valence-electron chi connectivity index (χ1n) is 8.10. The molecule has 1 N–H and O–H groups in total. The summed E-state index contributed by atoms with van der Waals surface area (Å²) in [6.45, 7) is 0. The average Bonchev–Trinajstić information content (AvgIpc) is 3.39. The van der Waals surface area contributed by atoms with Crippen molar-refractivity contribution >= 4 is 22.9 Å². The number of anilines is 1. The number of nitrogens with one attached hydrogen (secondary N) is 1. The third kappa shape index (κ3) is 3.70. The third-order valence-electron chi connectivity index (χ3n) is 3.79. The Labute approximate surface area is 159 Å². The van der Waals surface area contributed by atoms with Crippen molar-refractivity contribution in [2.45, 2.75) is 0 Å². The topological polar surface area (TPSA) is 81.9 Å². The minimum atomic E-state index is -0.292. The number of hydrogen-bond donors (Lipinski definition) is 1. The van der Waals surface area contributed by atoms with Crippen molar-refractivity contribution in [2.75, 3.05) is 12.4 Å². The van der Waals surface area contributed by atoms with Gasteiger partial charge in [0.1, 0.15) is 10.7 Å². The van der Waals surface area contributed by atoms with Crippen molar-refractivity contribution in [2.24, 2.45) is 0 Å². The molecule has 0 unspecified atom stereocenters. The summed E-state index contributed by atoms with van der Waals surface area (Å²) >= 11 is 1.40. The molecule has 1 aromatic carbocycles. The largest absolute Gasteiger partial charge is 0.481 e. The van der Waals surface area contributed by atoms with Gasteiger partial charge in [0, 0.05) is 23.2 Å². The molecule has 0 aliphatic rings. The van der Waals surface area contributed by atoms with E-state index in [0.29, 0.717) is 17.3 Å². The molecule has 4 aromatic rings. The standard InChI is InChI=1S/C19H15N5O2S/c1-26-17-8-7-14(10-20-17)22-18(25)16-12-27-19(23-16)13-9-21-24(11-13)15-5-3-2-4-6-15/h2-12H,1H3,(H,22,25). The van der Waals surface area contributed by atoms with Gasteiger partial charge >= 0.3 is 0 Å². The lowest BCUT2D eigenvalue weighted by Gasteiger charge is -2.03. The van der Waals surface area contributed by atoms with E-state index >= 15 is 0 Å². The van der Waals surface area contributed by atoms with E-state index in [1.165, 1.54) is 24.6 Å². The van der Waals surface area contributed by atoms with Crippen LogP contribution in [0, 0.1) is 0 Å². The van der Waals surface area contributed by atoms with Gasteiger partial charge in [0.05, 0.1) is 30.9 Å². The number of para-hydroxylation sites is 1. The molecule has 134 valence electrons. The van der Waals surface area contributed by atoms with Gasteiger partial charge < -0.3 is 10.1 Å². The minimum Gasteiger partial charge on any atom is -0.481 e. The number of ether oxygens (including phenoxy) is 1. The zero-order valence-electron chi connectivity index (χ0n) is 14.4. The molecule has 8 heteroatoms. The van der Waals surface area contributed by atoms with Crippen LogP contribution in [0.2, 0.25) is 0 Å². The monoisotopic (exact) mass is 377 g/mol. The zero-order chi connectivity index (χ0) is 18.6. The first kappa shape index (κ1) is 16.9. The fourth-order valence-electron chi connectivity index (χ4n) is 2.44. The Kier molecular flexibility index (Phi) is 4.63. The molecule has 0 atom stereocenters. The van der Waals surface area contributed by atoms with Crippen LogP contribution in [0.3, 0.4) is 0 Å². The number of benzene rings is 1. The molecule has 0 aliphatic heterocycles. The van der Waals surface area contributed by atoms with Crippen LogP contribution in [-0.2, 0) is 0 Å². The Morgan fingerprint density at radius 2 is 2.00 bits per heavy atom.